The van der Waals surface area contributed by atoms with Crippen molar-refractivity contribution in [3.63, 3.8) is 0 Å². The first-order valence-corrected chi connectivity index (χ1v) is 2.87. The zero-order valence-corrected chi connectivity index (χ0v) is 5.42. The van der Waals surface area contributed by atoms with E-state index in [2.05, 4.69) is 11.9 Å². The third-order valence-electron chi connectivity index (χ3n) is 1.42. The quantitative estimate of drug-likeness (QED) is 0.514. The molecule has 0 aromatic rings. The summed E-state index contributed by atoms with van der Waals surface area (Å²) in [5, 5.41) is 0. The highest BCUT2D eigenvalue weighted by Gasteiger charge is 2.22. The molecule has 0 aromatic carbocycles. The topological polar surface area (TPSA) is 12.5 Å². The van der Waals surface area contributed by atoms with Crippen LogP contribution in [0.3, 0.4) is 0 Å². The number of likely N-dealkylation sites (tertiary alicyclic amines) is 1. The van der Waals surface area contributed by atoms with Crippen LogP contribution in [0, 0.1) is 12.5 Å². The number of methoxy groups -OCH3 is 1. The Morgan fingerprint density at radius 2 is 2.25 bits per heavy atom. The molecule has 0 spiro atoms. The Labute approximate surface area is 50.4 Å². The van der Waals surface area contributed by atoms with Crippen molar-refractivity contribution >= 4 is 0 Å². The van der Waals surface area contributed by atoms with E-state index in [4.69, 9.17) is 4.74 Å². The molecule has 0 unspecified atom stereocenters. The van der Waals surface area contributed by atoms with Gasteiger partial charge in [-0.15, -0.1) is 0 Å². The Balaban J connectivity index is 1.98. The number of hydrogen-bond donors (Lipinski definition) is 0. The van der Waals surface area contributed by atoms with Crippen LogP contribution in [-0.2, 0) is 4.74 Å². The molecule has 2 nitrogen and oxygen atoms in total. The van der Waals surface area contributed by atoms with Gasteiger partial charge >= 0.3 is 0 Å². The van der Waals surface area contributed by atoms with Crippen LogP contribution in [-0.4, -0.2) is 32.1 Å². The van der Waals surface area contributed by atoms with Crippen molar-refractivity contribution in [2.24, 2.45) is 5.92 Å². The smallest absolute Gasteiger partial charge is 0.0888 e. The zero-order chi connectivity index (χ0) is 5.98. The monoisotopic (exact) mass is 114 g/mol. The standard InChI is InChI=1S/C6H12NO/c1-7-3-6(4-7)5-8-2/h5-6H,3-4H2,1-2H3. The lowest BCUT2D eigenvalue weighted by molar-refractivity contribution is 0.0973. The molecule has 0 saturated carbocycles. The molecule has 0 N–H and O–H groups in total. The van der Waals surface area contributed by atoms with E-state index < -0.39 is 0 Å². The molecule has 8 heavy (non-hydrogen) atoms. The fraction of sp³-hybridized carbons (Fsp3) is 0.833. The average molecular weight is 114 g/mol. The predicted octanol–water partition coefficient (Wildman–Crippen LogP) is 0.356. The molecule has 1 rings (SSSR count). The van der Waals surface area contributed by atoms with Crippen molar-refractivity contribution in [1.29, 1.82) is 0 Å². The van der Waals surface area contributed by atoms with Gasteiger partial charge < -0.3 is 9.64 Å². The molecule has 1 heterocycles. The molecule has 1 aliphatic rings. The van der Waals surface area contributed by atoms with Crippen molar-refractivity contribution in [2.75, 3.05) is 27.2 Å². The summed E-state index contributed by atoms with van der Waals surface area (Å²) in [7, 11) is 3.82. The average Bonchev–Trinajstić information content (AvgIpc) is 1.64. The summed E-state index contributed by atoms with van der Waals surface area (Å²) in [5.74, 6) is 0.685. The van der Waals surface area contributed by atoms with Crippen molar-refractivity contribution in [1.82, 2.24) is 4.90 Å². The summed E-state index contributed by atoms with van der Waals surface area (Å²) in [4.78, 5) is 2.26. The van der Waals surface area contributed by atoms with Gasteiger partial charge in [-0.25, -0.2) is 0 Å². The Kier molecular flexibility index (Phi) is 1.86. The minimum atomic E-state index is 0.685. The number of rotatable bonds is 2. The summed E-state index contributed by atoms with van der Waals surface area (Å²) in [6.45, 7) is 4.22. The Morgan fingerprint density at radius 3 is 2.62 bits per heavy atom. The molecule has 1 saturated heterocycles. The largest absolute Gasteiger partial charge is 0.378 e. The first-order chi connectivity index (χ1) is 3.83. The van der Waals surface area contributed by atoms with Gasteiger partial charge in [-0.05, 0) is 7.05 Å². The van der Waals surface area contributed by atoms with Crippen molar-refractivity contribution in [3.8, 4) is 0 Å². The molecule has 0 atom stereocenters. The second kappa shape index (κ2) is 2.46. The number of hydrogen-bond acceptors (Lipinski definition) is 2. The summed E-state index contributed by atoms with van der Waals surface area (Å²) in [6, 6.07) is 0. The first kappa shape index (κ1) is 6.05. The molecule has 0 bridgehead atoms. The maximum absolute atomic E-state index is 4.84. The van der Waals surface area contributed by atoms with E-state index in [0.717, 1.165) is 13.1 Å². The van der Waals surface area contributed by atoms with E-state index in [-0.39, 0.29) is 0 Å². The number of nitrogens with zero attached hydrogens (tertiary/aromatic N) is 1. The third-order valence-corrected chi connectivity index (χ3v) is 1.42. The maximum atomic E-state index is 4.84. The lowest BCUT2D eigenvalue weighted by Gasteiger charge is -2.35. The zero-order valence-electron chi connectivity index (χ0n) is 5.42. The lowest BCUT2D eigenvalue weighted by atomic mass is 10.0. The molecular weight excluding hydrogens is 102 g/mol. The molecule has 1 fully saturated rings. The minimum absolute atomic E-state index is 0.685. The van der Waals surface area contributed by atoms with Crippen LogP contribution in [0.4, 0.5) is 0 Å². The molecular formula is C6H12NO. The minimum Gasteiger partial charge on any atom is -0.378 e. The SMILES string of the molecule is CO[CH]C1CN(C)C1. The van der Waals surface area contributed by atoms with Crippen LogP contribution in [0.25, 0.3) is 0 Å². The van der Waals surface area contributed by atoms with Gasteiger partial charge in [0.2, 0.25) is 0 Å². The van der Waals surface area contributed by atoms with Crippen LogP contribution < -0.4 is 0 Å². The van der Waals surface area contributed by atoms with Gasteiger partial charge in [0.05, 0.1) is 6.61 Å². The Bertz CT molecular complexity index is 66.2. The fourth-order valence-electron chi connectivity index (χ4n) is 1.03. The van der Waals surface area contributed by atoms with Gasteiger partial charge in [0.15, 0.2) is 0 Å². The van der Waals surface area contributed by atoms with Crippen LogP contribution in [0.15, 0.2) is 0 Å². The molecule has 0 aliphatic carbocycles. The Hall–Kier alpha value is -0.0800. The van der Waals surface area contributed by atoms with Crippen LogP contribution in [0.1, 0.15) is 0 Å². The van der Waals surface area contributed by atoms with Crippen LogP contribution in [0.2, 0.25) is 0 Å². The fourth-order valence-corrected chi connectivity index (χ4v) is 1.03. The molecule has 1 radical (unpaired) electrons. The lowest BCUT2D eigenvalue weighted by Crippen LogP contribution is -2.43. The number of ether oxygens (including phenoxy) is 1. The van der Waals surface area contributed by atoms with Crippen LogP contribution >= 0.6 is 0 Å². The molecule has 0 amide bonds. The highest BCUT2D eigenvalue weighted by Crippen LogP contribution is 2.14. The van der Waals surface area contributed by atoms with Crippen molar-refractivity contribution in [2.45, 2.75) is 0 Å². The Morgan fingerprint density at radius 1 is 1.62 bits per heavy atom. The second-order valence-electron chi connectivity index (χ2n) is 2.35. The van der Waals surface area contributed by atoms with Crippen LogP contribution in [0.5, 0.6) is 0 Å². The molecule has 47 valence electrons. The first-order valence-electron chi connectivity index (χ1n) is 2.87. The molecule has 0 aromatic heterocycles. The van der Waals surface area contributed by atoms with Gasteiger partial charge in [0.1, 0.15) is 0 Å². The van der Waals surface area contributed by atoms with Gasteiger partial charge in [-0.2, -0.15) is 0 Å². The maximum Gasteiger partial charge on any atom is 0.0888 e. The van der Waals surface area contributed by atoms with E-state index >= 15 is 0 Å². The van der Waals surface area contributed by atoms with E-state index in [1.165, 1.54) is 0 Å². The highest BCUT2D eigenvalue weighted by atomic mass is 16.5. The summed E-state index contributed by atoms with van der Waals surface area (Å²) >= 11 is 0. The van der Waals surface area contributed by atoms with E-state index in [0.29, 0.717) is 5.92 Å². The van der Waals surface area contributed by atoms with Gasteiger partial charge in [-0.3, -0.25) is 0 Å². The molecule has 2 heteroatoms. The second-order valence-corrected chi connectivity index (χ2v) is 2.35. The highest BCUT2D eigenvalue weighted by molar-refractivity contribution is 4.82. The summed E-state index contributed by atoms with van der Waals surface area (Å²) in [5.41, 5.74) is 0. The summed E-state index contributed by atoms with van der Waals surface area (Å²) in [6.07, 6.45) is 0. The van der Waals surface area contributed by atoms with E-state index in [9.17, 15) is 0 Å². The van der Waals surface area contributed by atoms with Crippen molar-refractivity contribution in [3.05, 3.63) is 6.61 Å². The normalized spacial score (nSPS) is 23.2. The van der Waals surface area contributed by atoms with Crippen molar-refractivity contribution < 1.29 is 4.74 Å². The van der Waals surface area contributed by atoms with Gasteiger partial charge in [0.25, 0.3) is 0 Å². The van der Waals surface area contributed by atoms with Gasteiger partial charge in [0, 0.05) is 26.1 Å². The summed E-state index contributed by atoms with van der Waals surface area (Å²) < 4.78 is 4.84. The van der Waals surface area contributed by atoms with Gasteiger partial charge in [-0.1, -0.05) is 0 Å². The predicted molar refractivity (Wildman–Crippen MR) is 32.3 cm³/mol. The third kappa shape index (κ3) is 1.20. The van der Waals surface area contributed by atoms with E-state index in [1.807, 2.05) is 6.61 Å². The molecule has 1 aliphatic heterocycles. The van der Waals surface area contributed by atoms with E-state index in [1.54, 1.807) is 7.11 Å².